The molecule has 3 nitrogen and oxygen atoms in total. The van der Waals surface area contributed by atoms with Crippen LogP contribution in [0.3, 0.4) is 0 Å². The lowest BCUT2D eigenvalue weighted by molar-refractivity contribution is -0.119. The Hall–Kier alpha value is -1.51. The summed E-state index contributed by atoms with van der Waals surface area (Å²) in [6.45, 7) is 7.10. The second kappa shape index (κ2) is 3.50. The number of nitrogens with one attached hydrogen (secondary N) is 1. The van der Waals surface area contributed by atoms with Gasteiger partial charge >= 0.3 is 0 Å². The van der Waals surface area contributed by atoms with Crippen LogP contribution in [0.25, 0.3) is 0 Å². The standard InChI is InChI=1S/C15H19NO2/c1-10-9-18-12-7-5-4-6-11(12)15(10)8-13(17)16-14(15,2)3/h4-7,10H,8-9H2,1-3H3,(H,16,17). The fourth-order valence-electron chi connectivity index (χ4n) is 3.78. The minimum atomic E-state index is -0.233. The minimum Gasteiger partial charge on any atom is -0.493 e. The molecule has 2 atom stereocenters. The van der Waals surface area contributed by atoms with Gasteiger partial charge in [0.05, 0.1) is 6.61 Å². The average Bonchev–Trinajstić information content (AvgIpc) is 2.55. The van der Waals surface area contributed by atoms with E-state index in [2.05, 4.69) is 32.2 Å². The van der Waals surface area contributed by atoms with Crippen molar-refractivity contribution < 1.29 is 9.53 Å². The van der Waals surface area contributed by atoms with E-state index in [9.17, 15) is 4.79 Å². The summed E-state index contributed by atoms with van der Waals surface area (Å²) in [5.41, 5.74) is 0.787. The number of amides is 1. The minimum absolute atomic E-state index is 0.142. The van der Waals surface area contributed by atoms with E-state index in [1.54, 1.807) is 0 Å². The molecular weight excluding hydrogens is 226 g/mol. The van der Waals surface area contributed by atoms with E-state index < -0.39 is 0 Å². The second-order valence-corrected chi connectivity index (χ2v) is 6.03. The third-order valence-electron chi connectivity index (χ3n) is 4.70. The van der Waals surface area contributed by atoms with Crippen molar-refractivity contribution in [3.05, 3.63) is 29.8 Å². The van der Waals surface area contributed by atoms with Gasteiger partial charge in [0.25, 0.3) is 0 Å². The molecule has 2 aliphatic heterocycles. The van der Waals surface area contributed by atoms with Crippen LogP contribution in [0.5, 0.6) is 5.75 Å². The van der Waals surface area contributed by atoms with Gasteiger partial charge < -0.3 is 10.1 Å². The van der Waals surface area contributed by atoms with Crippen molar-refractivity contribution in [2.24, 2.45) is 5.92 Å². The first-order chi connectivity index (χ1) is 8.47. The van der Waals surface area contributed by atoms with Crippen LogP contribution < -0.4 is 10.1 Å². The van der Waals surface area contributed by atoms with Gasteiger partial charge in [-0.05, 0) is 19.9 Å². The van der Waals surface area contributed by atoms with Crippen molar-refractivity contribution in [2.75, 3.05) is 6.61 Å². The van der Waals surface area contributed by atoms with Gasteiger partial charge in [0.15, 0.2) is 0 Å². The summed E-state index contributed by atoms with van der Waals surface area (Å²) >= 11 is 0. The normalized spacial score (nSPS) is 32.8. The Balaban J connectivity index is 2.24. The van der Waals surface area contributed by atoms with Crippen LogP contribution in [-0.4, -0.2) is 18.1 Å². The summed E-state index contributed by atoms with van der Waals surface area (Å²) in [6.07, 6.45) is 0.557. The zero-order valence-corrected chi connectivity index (χ0v) is 11.1. The van der Waals surface area contributed by atoms with Crippen LogP contribution in [-0.2, 0) is 10.2 Å². The Kier molecular flexibility index (Phi) is 2.25. The quantitative estimate of drug-likeness (QED) is 0.761. The molecule has 2 aliphatic rings. The predicted octanol–water partition coefficient (Wildman–Crippen LogP) is 2.25. The third-order valence-corrected chi connectivity index (χ3v) is 4.70. The molecule has 1 N–H and O–H groups in total. The van der Waals surface area contributed by atoms with E-state index in [-0.39, 0.29) is 16.9 Å². The SMILES string of the molecule is CC1COc2ccccc2C12CC(=O)NC2(C)C. The Bertz CT molecular complexity index is 509. The van der Waals surface area contributed by atoms with Crippen LogP contribution in [0.1, 0.15) is 32.8 Å². The number of para-hydroxylation sites is 1. The van der Waals surface area contributed by atoms with E-state index in [1.807, 2.05) is 18.2 Å². The van der Waals surface area contributed by atoms with Crippen LogP contribution in [0, 0.1) is 5.92 Å². The monoisotopic (exact) mass is 245 g/mol. The van der Waals surface area contributed by atoms with Gasteiger partial charge in [-0.3, -0.25) is 4.79 Å². The van der Waals surface area contributed by atoms with Gasteiger partial charge in [0.2, 0.25) is 5.91 Å². The van der Waals surface area contributed by atoms with Crippen molar-refractivity contribution in [1.29, 1.82) is 0 Å². The van der Waals surface area contributed by atoms with Gasteiger partial charge in [0.1, 0.15) is 5.75 Å². The number of carbonyl (C=O) groups is 1. The molecule has 96 valence electrons. The first kappa shape index (κ1) is 11.6. The summed E-state index contributed by atoms with van der Waals surface area (Å²) < 4.78 is 5.81. The summed E-state index contributed by atoms with van der Waals surface area (Å²) in [4.78, 5) is 11.9. The largest absolute Gasteiger partial charge is 0.493 e. The fraction of sp³-hybridized carbons (Fsp3) is 0.533. The molecule has 18 heavy (non-hydrogen) atoms. The van der Waals surface area contributed by atoms with Gasteiger partial charge in [-0.2, -0.15) is 0 Å². The van der Waals surface area contributed by atoms with Crippen molar-refractivity contribution in [2.45, 2.75) is 38.1 Å². The third kappa shape index (κ3) is 1.27. The number of ether oxygens (including phenoxy) is 1. The van der Waals surface area contributed by atoms with Gasteiger partial charge in [0, 0.05) is 28.9 Å². The van der Waals surface area contributed by atoms with E-state index in [0.29, 0.717) is 18.9 Å². The van der Waals surface area contributed by atoms with Crippen molar-refractivity contribution >= 4 is 5.91 Å². The molecule has 0 aliphatic carbocycles. The Morgan fingerprint density at radius 1 is 1.33 bits per heavy atom. The molecule has 0 radical (unpaired) electrons. The molecule has 1 amide bonds. The highest BCUT2D eigenvalue weighted by Gasteiger charge is 2.59. The zero-order chi connectivity index (χ0) is 13.0. The highest BCUT2D eigenvalue weighted by atomic mass is 16.5. The number of benzene rings is 1. The van der Waals surface area contributed by atoms with E-state index >= 15 is 0 Å². The van der Waals surface area contributed by atoms with Gasteiger partial charge in [-0.15, -0.1) is 0 Å². The molecule has 3 rings (SSSR count). The molecule has 1 saturated heterocycles. The molecule has 2 unspecified atom stereocenters. The average molecular weight is 245 g/mol. The summed E-state index contributed by atoms with van der Waals surface area (Å²) in [5.74, 6) is 1.39. The van der Waals surface area contributed by atoms with Crippen molar-refractivity contribution in [3.8, 4) is 5.75 Å². The second-order valence-electron chi connectivity index (χ2n) is 6.03. The van der Waals surface area contributed by atoms with E-state index in [4.69, 9.17) is 4.74 Å². The smallest absolute Gasteiger partial charge is 0.221 e. The highest BCUT2D eigenvalue weighted by Crippen LogP contribution is 2.53. The molecule has 3 heteroatoms. The molecule has 0 saturated carbocycles. The first-order valence-corrected chi connectivity index (χ1v) is 6.51. The number of carbonyl (C=O) groups excluding carboxylic acids is 1. The molecule has 1 aromatic carbocycles. The Morgan fingerprint density at radius 3 is 2.72 bits per heavy atom. The maximum atomic E-state index is 11.9. The van der Waals surface area contributed by atoms with Crippen molar-refractivity contribution in [3.63, 3.8) is 0 Å². The first-order valence-electron chi connectivity index (χ1n) is 6.51. The zero-order valence-electron chi connectivity index (χ0n) is 11.1. The Labute approximate surface area is 108 Å². The van der Waals surface area contributed by atoms with Crippen LogP contribution >= 0.6 is 0 Å². The summed E-state index contributed by atoms with van der Waals surface area (Å²) in [6, 6.07) is 8.12. The van der Waals surface area contributed by atoms with E-state index in [1.165, 1.54) is 5.56 Å². The molecular formula is C15H19NO2. The van der Waals surface area contributed by atoms with Crippen LogP contribution in [0.4, 0.5) is 0 Å². The maximum absolute atomic E-state index is 11.9. The fourth-order valence-corrected chi connectivity index (χ4v) is 3.78. The molecule has 1 fully saturated rings. The number of hydrogen-bond donors (Lipinski definition) is 1. The lowest BCUT2D eigenvalue weighted by atomic mass is 9.59. The van der Waals surface area contributed by atoms with E-state index in [0.717, 1.165) is 5.75 Å². The lowest BCUT2D eigenvalue weighted by Crippen LogP contribution is -2.56. The Morgan fingerprint density at radius 2 is 2.06 bits per heavy atom. The predicted molar refractivity (Wildman–Crippen MR) is 69.6 cm³/mol. The lowest BCUT2D eigenvalue weighted by Gasteiger charge is -2.48. The van der Waals surface area contributed by atoms with Gasteiger partial charge in [-0.1, -0.05) is 25.1 Å². The van der Waals surface area contributed by atoms with Crippen molar-refractivity contribution in [1.82, 2.24) is 5.32 Å². The molecule has 0 bridgehead atoms. The number of hydrogen-bond acceptors (Lipinski definition) is 2. The number of fused-ring (bicyclic) bond motifs is 2. The topological polar surface area (TPSA) is 38.3 Å². The molecule has 0 aromatic heterocycles. The molecule has 1 aromatic rings. The molecule has 1 spiro atoms. The molecule has 2 heterocycles. The number of rotatable bonds is 0. The highest BCUT2D eigenvalue weighted by molar-refractivity contribution is 5.83. The summed E-state index contributed by atoms with van der Waals surface area (Å²) in [7, 11) is 0. The van der Waals surface area contributed by atoms with Crippen LogP contribution in [0.15, 0.2) is 24.3 Å². The maximum Gasteiger partial charge on any atom is 0.221 e. The summed E-state index contributed by atoms with van der Waals surface area (Å²) in [5, 5.41) is 3.13. The van der Waals surface area contributed by atoms with Crippen LogP contribution in [0.2, 0.25) is 0 Å². The van der Waals surface area contributed by atoms with Gasteiger partial charge in [-0.25, -0.2) is 0 Å².